The van der Waals surface area contributed by atoms with Crippen LogP contribution in [0.3, 0.4) is 0 Å². The van der Waals surface area contributed by atoms with Gasteiger partial charge in [-0.1, -0.05) is 30.3 Å². The molecular formula is C20H16N4O2S. The lowest BCUT2D eigenvalue weighted by Gasteiger charge is -2.01. The van der Waals surface area contributed by atoms with Crippen molar-refractivity contribution in [3.05, 3.63) is 76.8 Å². The minimum atomic E-state index is -0.304. The number of phenolic OH excluding ortho intramolecular Hbond substituents is 1. The van der Waals surface area contributed by atoms with Crippen LogP contribution in [0.1, 0.15) is 20.9 Å². The topological polar surface area (TPSA) is 79.5 Å². The van der Waals surface area contributed by atoms with Crippen molar-refractivity contribution in [1.29, 1.82) is 0 Å². The van der Waals surface area contributed by atoms with Crippen LogP contribution in [-0.2, 0) is 0 Å². The number of aromatic nitrogens is 2. The van der Waals surface area contributed by atoms with Gasteiger partial charge in [0, 0.05) is 10.9 Å². The minimum absolute atomic E-state index is 0.107. The number of fused-ring (bicyclic) bond motifs is 1. The van der Waals surface area contributed by atoms with E-state index in [1.54, 1.807) is 24.3 Å². The Balaban J connectivity index is 1.59. The molecule has 0 aliphatic carbocycles. The van der Waals surface area contributed by atoms with Crippen LogP contribution in [-0.4, -0.2) is 27.0 Å². The molecule has 134 valence electrons. The molecule has 0 spiro atoms. The van der Waals surface area contributed by atoms with Crippen molar-refractivity contribution < 1.29 is 9.90 Å². The van der Waals surface area contributed by atoms with Crippen molar-refractivity contribution in [3.63, 3.8) is 0 Å². The van der Waals surface area contributed by atoms with E-state index in [-0.39, 0.29) is 11.7 Å². The van der Waals surface area contributed by atoms with Gasteiger partial charge in [0.05, 0.1) is 22.5 Å². The third kappa shape index (κ3) is 3.32. The van der Waals surface area contributed by atoms with Gasteiger partial charge < -0.3 is 5.11 Å². The maximum atomic E-state index is 12.4. The van der Waals surface area contributed by atoms with Gasteiger partial charge in [-0.05, 0) is 37.3 Å². The summed E-state index contributed by atoms with van der Waals surface area (Å²) in [4.78, 5) is 13.9. The van der Waals surface area contributed by atoms with Crippen molar-refractivity contribution in [2.24, 2.45) is 5.10 Å². The maximum Gasteiger partial charge on any atom is 0.281 e. The number of hydrazone groups is 1. The Morgan fingerprint density at radius 3 is 2.70 bits per heavy atom. The predicted octanol–water partition coefficient (Wildman–Crippen LogP) is 3.86. The second kappa shape index (κ2) is 7.05. The molecule has 2 aromatic carbocycles. The van der Waals surface area contributed by atoms with Crippen molar-refractivity contribution >= 4 is 33.7 Å². The summed E-state index contributed by atoms with van der Waals surface area (Å²) in [5.41, 5.74) is 4.85. The quantitative estimate of drug-likeness (QED) is 0.419. The molecule has 0 aliphatic rings. The van der Waals surface area contributed by atoms with Gasteiger partial charge in [0.25, 0.3) is 5.91 Å². The first-order valence-electron chi connectivity index (χ1n) is 8.29. The van der Waals surface area contributed by atoms with Crippen LogP contribution in [0.2, 0.25) is 0 Å². The molecule has 0 bridgehead atoms. The Morgan fingerprint density at radius 2 is 1.93 bits per heavy atom. The number of para-hydroxylation sites is 2. The fourth-order valence-corrected chi connectivity index (χ4v) is 3.79. The number of rotatable bonds is 4. The van der Waals surface area contributed by atoms with E-state index in [4.69, 9.17) is 0 Å². The van der Waals surface area contributed by atoms with Crippen molar-refractivity contribution in [1.82, 2.24) is 15.2 Å². The number of amides is 1. The summed E-state index contributed by atoms with van der Waals surface area (Å²) in [6, 6.07) is 18.4. The first-order chi connectivity index (χ1) is 13.1. The zero-order valence-electron chi connectivity index (χ0n) is 14.5. The largest absolute Gasteiger partial charge is 0.507 e. The molecule has 7 heteroatoms. The Hall–Kier alpha value is -3.45. The van der Waals surface area contributed by atoms with E-state index >= 15 is 0 Å². The van der Waals surface area contributed by atoms with Crippen molar-refractivity contribution in [3.8, 4) is 11.4 Å². The van der Waals surface area contributed by atoms with E-state index in [0.717, 1.165) is 21.6 Å². The smallest absolute Gasteiger partial charge is 0.281 e. The molecule has 2 aromatic heterocycles. The molecular weight excluding hydrogens is 360 g/mol. The fraction of sp³-hybridized carbons (Fsp3) is 0.0500. The zero-order valence-corrected chi connectivity index (χ0v) is 15.3. The summed E-state index contributed by atoms with van der Waals surface area (Å²) in [5.74, 6) is -0.196. The standard InChI is InChI=1S/C20H16N4O2S/c1-13-16-11-18(19(26)22-21-12-14-7-5-6-10-17(14)25)27-20(16)24(23-13)15-8-3-2-4-9-15/h2-12,25H,1H3,(H,22,26). The highest BCUT2D eigenvalue weighted by Gasteiger charge is 2.16. The minimum Gasteiger partial charge on any atom is -0.507 e. The number of benzene rings is 2. The third-order valence-electron chi connectivity index (χ3n) is 4.08. The monoisotopic (exact) mass is 376 g/mol. The summed E-state index contributed by atoms with van der Waals surface area (Å²) in [6.45, 7) is 1.92. The molecule has 0 atom stereocenters. The van der Waals surface area contributed by atoms with Crippen LogP contribution in [0, 0.1) is 6.92 Å². The van der Waals surface area contributed by atoms with Gasteiger partial charge in [-0.25, -0.2) is 10.1 Å². The van der Waals surface area contributed by atoms with Gasteiger partial charge in [-0.15, -0.1) is 11.3 Å². The number of carbonyl (C=O) groups excluding carboxylic acids is 1. The molecule has 6 nitrogen and oxygen atoms in total. The van der Waals surface area contributed by atoms with E-state index < -0.39 is 0 Å². The molecule has 4 aromatic rings. The maximum absolute atomic E-state index is 12.4. The van der Waals surface area contributed by atoms with Gasteiger partial charge >= 0.3 is 0 Å². The van der Waals surface area contributed by atoms with Gasteiger partial charge in [0.15, 0.2) is 0 Å². The van der Waals surface area contributed by atoms with Crippen LogP contribution < -0.4 is 5.43 Å². The highest BCUT2D eigenvalue weighted by molar-refractivity contribution is 7.20. The van der Waals surface area contributed by atoms with E-state index in [2.05, 4.69) is 15.6 Å². The average molecular weight is 376 g/mol. The van der Waals surface area contributed by atoms with Gasteiger partial charge in [-0.3, -0.25) is 4.79 Å². The number of hydrogen-bond acceptors (Lipinski definition) is 5. The Kier molecular flexibility index (Phi) is 4.43. The number of thiophene rings is 1. The summed E-state index contributed by atoms with van der Waals surface area (Å²) < 4.78 is 1.84. The highest BCUT2D eigenvalue weighted by Crippen LogP contribution is 2.30. The van der Waals surface area contributed by atoms with Crippen molar-refractivity contribution in [2.45, 2.75) is 6.92 Å². The number of aromatic hydroxyl groups is 1. The second-order valence-corrected chi connectivity index (χ2v) is 6.95. The fourth-order valence-electron chi connectivity index (χ4n) is 2.72. The first-order valence-corrected chi connectivity index (χ1v) is 9.11. The van der Waals surface area contributed by atoms with E-state index in [0.29, 0.717) is 10.4 Å². The number of phenols is 1. The van der Waals surface area contributed by atoms with Crippen LogP contribution in [0.15, 0.2) is 65.8 Å². The molecule has 0 saturated carbocycles. The predicted molar refractivity (Wildman–Crippen MR) is 107 cm³/mol. The number of aryl methyl sites for hydroxylation is 1. The van der Waals surface area contributed by atoms with Crippen LogP contribution >= 0.6 is 11.3 Å². The second-order valence-electron chi connectivity index (χ2n) is 5.92. The molecule has 0 unspecified atom stereocenters. The van der Waals surface area contributed by atoms with Crippen LogP contribution in [0.4, 0.5) is 0 Å². The number of nitrogens with zero attached hydrogens (tertiary/aromatic N) is 3. The molecule has 2 N–H and O–H groups in total. The molecule has 0 fully saturated rings. The van der Waals surface area contributed by atoms with E-state index in [9.17, 15) is 9.90 Å². The van der Waals surface area contributed by atoms with Crippen LogP contribution in [0.5, 0.6) is 5.75 Å². The molecule has 0 saturated heterocycles. The van der Waals surface area contributed by atoms with Crippen LogP contribution in [0.25, 0.3) is 15.9 Å². The SMILES string of the molecule is Cc1nn(-c2ccccc2)c2sc(C(=O)NN=Cc3ccccc3O)cc12. The summed E-state index contributed by atoms with van der Waals surface area (Å²) in [6.07, 6.45) is 1.41. The van der Waals surface area contributed by atoms with Gasteiger partial charge in [0.1, 0.15) is 10.6 Å². The number of carbonyl (C=O) groups is 1. The number of nitrogens with one attached hydrogen (secondary N) is 1. The average Bonchev–Trinajstić information content (AvgIpc) is 3.25. The Morgan fingerprint density at radius 1 is 1.19 bits per heavy atom. The molecule has 0 radical (unpaired) electrons. The molecule has 27 heavy (non-hydrogen) atoms. The molecule has 4 rings (SSSR count). The lowest BCUT2D eigenvalue weighted by atomic mass is 10.2. The highest BCUT2D eigenvalue weighted by atomic mass is 32.1. The first kappa shape index (κ1) is 17.0. The summed E-state index contributed by atoms with van der Waals surface area (Å²) in [7, 11) is 0. The lowest BCUT2D eigenvalue weighted by Crippen LogP contribution is -2.16. The molecule has 2 heterocycles. The van der Waals surface area contributed by atoms with E-state index in [1.807, 2.05) is 48.0 Å². The Bertz CT molecular complexity index is 1150. The number of hydrogen-bond donors (Lipinski definition) is 2. The molecule has 1 amide bonds. The zero-order chi connectivity index (χ0) is 18.8. The normalized spacial score (nSPS) is 11.3. The van der Waals surface area contributed by atoms with Crippen molar-refractivity contribution in [2.75, 3.05) is 0 Å². The Labute approximate surface area is 159 Å². The van der Waals surface area contributed by atoms with Gasteiger partial charge in [-0.2, -0.15) is 10.2 Å². The summed E-state index contributed by atoms with van der Waals surface area (Å²) >= 11 is 1.36. The van der Waals surface area contributed by atoms with Gasteiger partial charge in [0.2, 0.25) is 0 Å². The molecule has 0 aliphatic heterocycles. The third-order valence-corrected chi connectivity index (χ3v) is 5.19. The lowest BCUT2D eigenvalue weighted by molar-refractivity contribution is 0.0959. The van der Waals surface area contributed by atoms with E-state index in [1.165, 1.54) is 17.6 Å². The summed E-state index contributed by atoms with van der Waals surface area (Å²) in [5, 5.41) is 19.2.